The molecule has 0 spiro atoms. The molecular weight excluding hydrogens is 318 g/mol. The summed E-state index contributed by atoms with van der Waals surface area (Å²) in [6.07, 6.45) is 0. The Hall–Kier alpha value is -3.02. The molecule has 0 aliphatic heterocycles. The molecule has 0 aliphatic rings. The molecule has 2 aromatic rings. The zero-order chi connectivity index (χ0) is 18.2. The first-order valence-electron chi connectivity index (χ1n) is 8.13. The molecule has 0 aromatic heterocycles. The molecule has 0 atom stereocenters. The number of para-hydroxylation sites is 1. The van der Waals surface area contributed by atoms with Gasteiger partial charge in [0.2, 0.25) is 0 Å². The van der Waals surface area contributed by atoms with Crippen molar-refractivity contribution in [3.63, 3.8) is 0 Å². The molecule has 0 saturated heterocycles. The number of hydrazine groups is 1. The van der Waals surface area contributed by atoms with Crippen LogP contribution in [0.4, 0.5) is 5.69 Å². The fourth-order valence-electron chi connectivity index (χ4n) is 2.36. The third-order valence-corrected chi connectivity index (χ3v) is 3.57. The van der Waals surface area contributed by atoms with Gasteiger partial charge in [-0.3, -0.25) is 20.4 Å². The van der Waals surface area contributed by atoms with E-state index in [-0.39, 0.29) is 12.5 Å². The van der Waals surface area contributed by atoms with Crippen LogP contribution in [0.5, 0.6) is 5.75 Å². The summed E-state index contributed by atoms with van der Waals surface area (Å²) in [6, 6.07) is 12.8. The van der Waals surface area contributed by atoms with Gasteiger partial charge in [-0.25, -0.2) is 0 Å². The van der Waals surface area contributed by atoms with Crippen LogP contribution in [0.1, 0.15) is 28.4 Å². The summed E-state index contributed by atoms with van der Waals surface area (Å²) < 4.78 is 5.41. The van der Waals surface area contributed by atoms with Gasteiger partial charge in [0, 0.05) is 5.69 Å². The second kappa shape index (κ2) is 8.73. The van der Waals surface area contributed by atoms with Gasteiger partial charge in [0.25, 0.3) is 11.8 Å². The average Bonchev–Trinajstić information content (AvgIpc) is 2.59. The molecule has 3 N–H and O–H groups in total. The number of carbonyl (C=O) groups is 2. The zero-order valence-electron chi connectivity index (χ0n) is 14.7. The van der Waals surface area contributed by atoms with E-state index in [9.17, 15) is 9.59 Å². The van der Waals surface area contributed by atoms with Crippen LogP contribution in [0, 0.1) is 13.8 Å². The van der Waals surface area contributed by atoms with Crippen LogP contribution in [-0.4, -0.2) is 25.0 Å². The number of hydrogen-bond acceptors (Lipinski definition) is 4. The Labute approximate surface area is 147 Å². The lowest BCUT2D eigenvalue weighted by Crippen LogP contribution is -2.44. The SMILES string of the molecule is CCOc1ccccc1C(=O)NNC(=O)CNc1ccc(C)cc1C. The van der Waals surface area contributed by atoms with Crippen molar-refractivity contribution in [2.75, 3.05) is 18.5 Å². The van der Waals surface area contributed by atoms with Crippen LogP contribution < -0.4 is 20.9 Å². The first kappa shape index (κ1) is 18.3. The summed E-state index contributed by atoms with van der Waals surface area (Å²) in [4.78, 5) is 24.1. The predicted octanol–water partition coefficient (Wildman–Crippen LogP) is 2.58. The third-order valence-electron chi connectivity index (χ3n) is 3.57. The molecule has 0 bridgehead atoms. The minimum absolute atomic E-state index is 0.0529. The number of nitrogens with one attached hydrogen (secondary N) is 3. The minimum Gasteiger partial charge on any atom is -0.493 e. The van der Waals surface area contributed by atoms with E-state index in [0.29, 0.717) is 17.9 Å². The lowest BCUT2D eigenvalue weighted by molar-refractivity contribution is -0.120. The lowest BCUT2D eigenvalue weighted by atomic mass is 10.1. The molecule has 6 nitrogen and oxygen atoms in total. The van der Waals surface area contributed by atoms with Crippen molar-refractivity contribution in [3.05, 3.63) is 59.2 Å². The first-order valence-corrected chi connectivity index (χ1v) is 8.13. The Morgan fingerprint density at radius 3 is 2.52 bits per heavy atom. The number of hydrogen-bond donors (Lipinski definition) is 3. The van der Waals surface area contributed by atoms with Crippen molar-refractivity contribution in [1.82, 2.24) is 10.9 Å². The number of amides is 2. The van der Waals surface area contributed by atoms with Crippen LogP contribution in [0.25, 0.3) is 0 Å². The van der Waals surface area contributed by atoms with Gasteiger partial charge in [-0.05, 0) is 44.5 Å². The molecule has 0 aliphatic carbocycles. The topological polar surface area (TPSA) is 79.5 Å². The Bertz CT molecular complexity index is 759. The standard InChI is InChI=1S/C19H23N3O3/c1-4-25-17-8-6-5-7-15(17)19(24)22-21-18(23)12-20-16-10-9-13(2)11-14(16)3/h5-11,20H,4,12H2,1-3H3,(H,21,23)(H,22,24). The summed E-state index contributed by atoms with van der Waals surface area (Å²) in [5.74, 6) is -0.295. The van der Waals surface area contributed by atoms with Gasteiger partial charge in [0.05, 0.1) is 18.7 Å². The molecule has 0 radical (unpaired) electrons. The Morgan fingerprint density at radius 2 is 1.80 bits per heavy atom. The first-order chi connectivity index (χ1) is 12.0. The smallest absolute Gasteiger partial charge is 0.273 e. The number of ether oxygens (including phenoxy) is 1. The maximum Gasteiger partial charge on any atom is 0.273 e. The summed E-state index contributed by atoms with van der Waals surface area (Å²) in [5.41, 5.74) is 8.26. The van der Waals surface area contributed by atoms with E-state index in [2.05, 4.69) is 16.2 Å². The van der Waals surface area contributed by atoms with E-state index in [0.717, 1.165) is 16.8 Å². The van der Waals surface area contributed by atoms with Crippen molar-refractivity contribution in [3.8, 4) is 5.75 Å². The van der Waals surface area contributed by atoms with E-state index in [1.165, 1.54) is 0 Å². The molecule has 0 fully saturated rings. The van der Waals surface area contributed by atoms with E-state index in [1.807, 2.05) is 39.0 Å². The van der Waals surface area contributed by atoms with Gasteiger partial charge < -0.3 is 10.1 Å². The molecule has 0 heterocycles. The number of anilines is 1. The Balaban J connectivity index is 1.86. The van der Waals surface area contributed by atoms with Gasteiger partial charge >= 0.3 is 0 Å². The van der Waals surface area contributed by atoms with Crippen molar-refractivity contribution in [1.29, 1.82) is 0 Å². The van der Waals surface area contributed by atoms with Crippen molar-refractivity contribution in [2.24, 2.45) is 0 Å². The van der Waals surface area contributed by atoms with Gasteiger partial charge in [0.15, 0.2) is 0 Å². The largest absolute Gasteiger partial charge is 0.493 e. The van der Waals surface area contributed by atoms with E-state index in [4.69, 9.17) is 4.74 Å². The molecular formula is C19H23N3O3. The van der Waals surface area contributed by atoms with E-state index in [1.54, 1.807) is 24.3 Å². The highest BCUT2D eigenvalue weighted by Crippen LogP contribution is 2.17. The molecule has 132 valence electrons. The lowest BCUT2D eigenvalue weighted by Gasteiger charge is -2.12. The third kappa shape index (κ3) is 5.24. The second-order valence-electron chi connectivity index (χ2n) is 5.60. The maximum absolute atomic E-state index is 12.2. The van der Waals surface area contributed by atoms with E-state index < -0.39 is 5.91 Å². The van der Waals surface area contributed by atoms with Gasteiger partial charge in [-0.1, -0.05) is 29.8 Å². The highest BCUT2D eigenvalue weighted by atomic mass is 16.5. The molecule has 2 rings (SSSR count). The van der Waals surface area contributed by atoms with Crippen LogP contribution in [-0.2, 0) is 4.79 Å². The number of rotatable bonds is 6. The van der Waals surface area contributed by atoms with Crippen LogP contribution >= 0.6 is 0 Å². The van der Waals surface area contributed by atoms with Gasteiger partial charge in [-0.2, -0.15) is 0 Å². The second-order valence-corrected chi connectivity index (χ2v) is 5.60. The average molecular weight is 341 g/mol. The molecule has 0 unspecified atom stereocenters. The van der Waals surface area contributed by atoms with Gasteiger partial charge in [-0.15, -0.1) is 0 Å². The fourth-order valence-corrected chi connectivity index (χ4v) is 2.36. The summed E-state index contributed by atoms with van der Waals surface area (Å²) in [7, 11) is 0. The number of aryl methyl sites for hydroxylation is 2. The number of carbonyl (C=O) groups excluding carboxylic acids is 2. The molecule has 6 heteroatoms. The fraction of sp³-hybridized carbons (Fsp3) is 0.263. The Morgan fingerprint density at radius 1 is 1.04 bits per heavy atom. The minimum atomic E-state index is -0.427. The number of benzene rings is 2. The zero-order valence-corrected chi connectivity index (χ0v) is 14.7. The highest BCUT2D eigenvalue weighted by molar-refractivity contribution is 5.98. The maximum atomic E-state index is 12.2. The normalized spacial score (nSPS) is 10.0. The Kier molecular flexibility index (Phi) is 6.39. The quantitative estimate of drug-likeness (QED) is 0.706. The van der Waals surface area contributed by atoms with Crippen LogP contribution in [0.3, 0.4) is 0 Å². The van der Waals surface area contributed by atoms with Crippen LogP contribution in [0.15, 0.2) is 42.5 Å². The molecule has 25 heavy (non-hydrogen) atoms. The summed E-state index contributed by atoms with van der Waals surface area (Å²) in [5, 5.41) is 3.05. The van der Waals surface area contributed by atoms with Crippen molar-refractivity contribution >= 4 is 17.5 Å². The van der Waals surface area contributed by atoms with Crippen LogP contribution in [0.2, 0.25) is 0 Å². The molecule has 2 amide bonds. The molecule has 0 saturated carbocycles. The van der Waals surface area contributed by atoms with Crippen molar-refractivity contribution < 1.29 is 14.3 Å². The van der Waals surface area contributed by atoms with Crippen molar-refractivity contribution in [2.45, 2.75) is 20.8 Å². The predicted molar refractivity (Wildman–Crippen MR) is 97.6 cm³/mol. The monoisotopic (exact) mass is 341 g/mol. The van der Waals surface area contributed by atoms with E-state index >= 15 is 0 Å². The highest BCUT2D eigenvalue weighted by Gasteiger charge is 2.12. The molecule has 2 aromatic carbocycles. The van der Waals surface area contributed by atoms with Gasteiger partial charge in [0.1, 0.15) is 5.75 Å². The summed E-state index contributed by atoms with van der Waals surface area (Å²) >= 11 is 0. The summed E-state index contributed by atoms with van der Waals surface area (Å²) in [6.45, 7) is 6.34.